The van der Waals surface area contributed by atoms with Gasteiger partial charge in [0.1, 0.15) is 11.4 Å². The Morgan fingerprint density at radius 1 is 1.12 bits per heavy atom. The first kappa shape index (κ1) is 14.2. The van der Waals surface area contributed by atoms with Crippen LogP contribution in [0.3, 0.4) is 0 Å². The average molecular weight is 331 g/mol. The smallest absolute Gasteiger partial charge is 0.128 e. The van der Waals surface area contributed by atoms with Crippen LogP contribution in [0.1, 0.15) is 57.1 Å². The summed E-state index contributed by atoms with van der Waals surface area (Å²) >= 11 is 0. The number of benzene rings is 2. The topological polar surface area (TPSA) is 14.2 Å². The lowest BCUT2D eigenvalue weighted by molar-refractivity contribution is -0.0262. The van der Waals surface area contributed by atoms with E-state index in [2.05, 4.69) is 62.6 Å². The third kappa shape index (κ3) is 1.49. The number of aromatic nitrogens is 1. The second-order valence-electron chi connectivity index (χ2n) is 9.35. The van der Waals surface area contributed by atoms with Gasteiger partial charge < -0.3 is 9.30 Å². The monoisotopic (exact) mass is 331 g/mol. The summed E-state index contributed by atoms with van der Waals surface area (Å²) in [7, 11) is 0. The summed E-state index contributed by atoms with van der Waals surface area (Å²) in [5.74, 6) is 2.52. The fraction of sp³-hybridized carbons (Fsp3) is 0.478. The summed E-state index contributed by atoms with van der Waals surface area (Å²) in [5, 5.41) is 2.81. The third-order valence-electron chi connectivity index (χ3n) is 7.46. The van der Waals surface area contributed by atoms with Gasteiger partial charge in [0.15, 0.2) is 0 Å². The molecular formula is C23H25NO. The van der Waals surface area contributed by atoms with Crippen LogP contribution in [0.5, 0.6) is 5.75 Å². The van der Waals surface area contributed by atoms with E-state index in [0.717, 1.165) is 0 Å². The van der Waals surface area contributed by atoms with Gasteiger partial charge in [0.05, 0.1) is 5.52 Å². The van der Waals surface area contributed by atoms with Gasteiger partial charge in [0.25, 0.3) is 0 Å². The van der Waals surface area contributed by atoms with E-state index in [4.69, 9.17) is 4.74 Å². The van der Waals surface area contributed by atoms with Crippen molar-refractivity contribution in [3.63, 3.8) is 0 Å². The molecule has 1 aromatic heterocycles. The van der Waals surface area contributed by atoms with Crippen LogP contribution in [0.15, 0.2) is 30.3 Å². The van der Waals surface area contributed by atoms with Crippen molar-refractivity contribution in [1.29, 1.82) is 0 Å². The molecule has 0 unspecified atom stereocenters. The number of fused-ring (bicyclic) bond motifs is 4. The molecule has 128 valence electrons. The Hall–Kier alpha value is -1.96. The molecule has 0 N–H and O–H groups in total. The first-order chi connectivity index (χ1) is 11.9. The van der Waals surface area contributed by atoms with E-state index >= 15 is 0 Å². The van der Waals surface area contributed by atoms with Crippen LogP contribution in [-0.4, -0.2) is 10.2 Å². The molecule has 25 heavy (non-hydrogen) atoms. The van der Waals surface area contributed by atoms with Crippen LogP contribution in [0, 0.1) is 12.8 Å². The number of aryl methyl sites for hydroxylation is 1. The van der Waals surface area contributed by atoms with Gasteiger partial charge in [0, 0.05) is 27.4 Å². The minimum atomic E-state index is 0.0247. The average Bonchev–Trinajstić information content (AvgIpc) is 2.89. The molecule has 1 saturated carbocycles. The lowest BCUT2D eigenvalue weighted by atomic mass is 9.60. The lowest BCUT2D eigenvalue weighted by Crippen LogP contribution is -2.52. The molecule has 1 aliphatic carbocycles. The molecule has 0 radical (unpaired) electrons. The predicted octanol–water partition coefficient (Wildman–Crippen LogP) is 5.89. The molecule has 2 heteroatoms. The van der Waals surface area contributed by atoms with E-state index in [1.54, 1.807) is 0 Å². The molecule has 0 spiro atoms. The maximum absolute atomic E-state index is 6.66. The fourth-order valence-corrected chi connectivity index (χ4v) is 6.38. The zero-order chi connectivity index (χ0) is 17.1. The van der Waals surface area contributed by atoms with Crippen LogP contribution < -0.4 is 4.74 Å². The van der Waals surface area contributed by atoms with Gasteiger partial charge in [-0.05, 0) is 76.5 Å². The molecule has 3 heterocycles. The van der Waals surface area contributed by atoms with Gasteiger partial charge in [-0.1, -0.05) is 18.2 Å². The highest BCUT2D eigenvalue weighted by atomic mass is 16.5. The molecule has 3 aromatic rings. The number of hydrogen-bond acceptors (Lipinski definition) is 1. The summed E-state index contributed by atoms with van der Waals surface area (Å²) in [5.41, 5.74) is 5.81. The number of nitrogens with zero attached hydrogens (tertiary/aromatic N) is 1. The highest BCUT2D eigenvalue weighted by Gasteiger charge is 2.54. The van der Waals surface area contributed by atoms with Gasteiger partial charge in [-0.2, -0.15) is 0 Å². The third-order valence-corrected chi connectivity index (χ3v) is 7.46. The Bertz CT molecular complexity index is 1070. The first-order valence-electron chi connectivity index (χ1n) is 9.67. The fourth-order valence-electron chi connectivity index (χ4n) is 6.38. The van der Waals surface area contributed by atoms with E-state index in [0.29, 0.717) is 11.8 Å². The van der Waals surface area contributed by atoms with Crippen molar-refractivity contribution < 1.29 is 4.74 Å². The molecule has 6 rings (SSSR count). The van der Waals surface area contributed by atoms with Crippen LogP contribution in [0.2, 0.25) is 0 Å². The lowest BCUT2D eigenvalue weighted by Gasteiger charge is -2.55. The van der Waals surface area contributed by atoms with E-state index in [1.807, 2.05) is 0 Å². The van der Waals surface area contributed by atoms with Crippen LogP contribution in [0.4, 0.5) is 0 Å². The SMILES string of the molecule is Cc1cc2c3ccccc3n3c2c2c1O[C@@]1(C)CC[C@H]([C@@H]2C1)C3(C)C. The number of hydrogen-bond donors (Lipinski definition) is 0. The Morgan fingerprint density at radius 3 is 2.76 bits per heavy atom. The standard InChI is InChI=1S/C23H25NO/c1-13-11-15-14-7-5-6-8-18(14)24-20(15)19-16-12-23(4,25-21(13)19)10-9-17(16)22(24,2)3/h5-8,11,16-17H,9-10,12H2,1-4H3/t16-,17+,23-/m0/s1. The number of rotatable bonds is 0. The van der Waals surface area contributed by atoms with Crippen molar-refractivity contribution in [2.24, 2.45) is 5.92 Å². The molecule has 3 aliphatic rings. The molecule has 2 aliphatic heterocycles. The number of para-hydroxylation sites is 1. The van der Waals surface area contributed by atoms with Crippen molar-refractivity contribution in [3.05, 3.63) is 41.5 Å². The highest BCUT2D eigenvalue weighted by Crippen LogP contribution is 2.62. The van der Waals surface area contributed by atoms with Crippen LogP contribution in [0.25, 0.3) is 21.8 Å². The van der Waals surface area contributed by atoms with Crippen LogP contribution >= 0.6 is 0 Å². The summed E-state index contributed by atoms with van der Waals surface area (Å²) in [6.07, 6.45) is 3.60. The zero-order valence-corrected chi connectivity index (χ0v) is 15.5. The van der Waals surface area contributed by atoms with Crippen molar-refractivity contribution in [2.75, 3.05) is 0 Å². The van der Waals surface area contributed by atoms with Gasteiger partial charge in [-0.3, -0.25) is 0 Å². The second-order valence-corrected chi connectivity index (χ2v) is 9.35. The molecular weight excluding hydrogens is 306 g/mol. The van der Waals surface area contributed by atoms with Crippen LogP contribution in [-0.2, 0) is 5.54 Å². The second kappa shape index (κ2) is 4.06. The van der Waals surface area contributed by atoms with E-state index in [-0.39, 0.29) is 11.1 Å². The highest BCUT2D eigenvalue weighted by molar-refractivity contribution is 6.11. The maximum Gasteiger partial charge on any atom is 0.128 e. The molecule has 0 saturated heterocycles. The van der Waals surface area contributed by atoms with Crippen molar-refractivity contribution in [2.45, 2.75) is 64.0 Å². The Morgan fingerprint density at radius 2 is 1.92 bits per heavy atom. The summed E-state index contributed by atoms with van der Waals surface area (Å²) in [6.45, 7) is 9.48. The minimum absolute atomic E-state index is 0.0247. The Balaban J connectivity index is 1.89. The van der Waals surface area contributed by atoms with Crippen molar-refractivity contribution in [1.82, 2.24) is 4.57 Å². The van der Waals surface area contributed by atoms with E-state index in [9.17, 15) is 0 Å². The van der Waals surface area contributed by atoms with Gasteiger partial charge in [-0.25, -0.2) is 0 Å². The Kier molecular flexibility index (Phi) is 2.31. The molecule has 2 nitrogen and oxygen atoms in total. The van der Waals surface area contributed by atoms with Crippen molar-refractivity contribution in [3.8, 4) is 5.75 Å². The molecule has 3 atom stereocenters. The van der Waals surface area contributed by atoms with E-state index < -0.39 is 0 Å². The van der Waals surface area contributed by atoms with Gasteiger partial charge in [0.2, 0.25) is 0 Å². The molecule has 0 amide bonds. The summed E-state index contributed by atoms with van der Waals surface area (Å²) < 4.78 is 9.30. The predicted molar refractivity (Wildman–Crippen MR) is 103 cm³/mol. The largest absolute Gasteiger partial charge is 0.487 e. The quantitative estimate of drug-likeness (QED) is 0.501. The zero-order valence-electron chi connectivity index (χ0n) is 15.5. The van der Waals surface area contributed by atoms with E-state index in [1.165, 1.54) is 57.9 Å². The summed E-state index contributed by atoms with van der Waals surface area (Å²) in [4.78, 5) is 0. The minimum Gasteiger partial charge on any atom is -0.487 e. The van der Waals surface area contributed by atoms with Gasteiger partial charge >= 0.3 is 0 Å². The molecule has 1 fully saturated rings. The van der Waals surface area contributed by atoms with Gasteiger partial charge in [-0.15, -0.1) is 0 Å². The molecule has 2 aromatic carbocycles. The normalized spacial score (nSPS) is 31.5. The maximum atomic E-state index is 6.66. The number of ether oxygens (including phenoxy) is 1. The first-order valence-corrected chi connectivity index (χ1v) is 9.67. The Labute approximate surface area is 148 Å². The molecule has 2 bridgehead atoms. The van der Waals surface area contributed by atoms with Crippen molar-refractivity contribution >= 4 is 21.8 Å². The summed E-state index contributed by atoms with van der Waals surface area (Å²) in [6, 6.07) is 11.3.